The molecular weight excluding hydrogens is 318 g/mol. The van der Waals surface area contributed by atoms with Gasteiger partial charge in [-0.1, -0.05) is 5.16 Å². The lowest BCUT2D eigenvalue weighted by molar-refractivity contribution is -0.00561. The molecule has 1 aliphatic heterocycles. The zero-order valence-corrected chi connectivity index (χ0v) is 15.3. The van der Waals surface area contributed by atoms with Crippen molar-refractivity contribution in [3.05, 3.63) is 29.2 Å². The molecule has 2 atom stereocenters. The summed E-state index contributed by atoms with van der Waals surface area (Å²) in [6.45, 7) is 11.9. The van der Waals surface area contributed by atoms with E-state index in [1.54, 1.807) is 0 Å². The topological polar surface area (TPSA) is 68.7 Å². The standard InChI is InChI=1S/C18H23N5O2/c1-10-6-16(21-25-10)15-7-17-19-14(5)13(4)18(23(17)20-15)22-8-11(2)24-12(3)9-22/h6-7,11-12H,8-9H2,1-5H3/t11-,12-/m1/s1. The summed E-state index contributed by atoms with van der Waals surface area (Å²) in [6.07, 6.45) is 0.361. The SMILES string of the molecule is Cc1cc(-c2cc3nc(C)c(C)c(N4C[C@@H](C)O[C@H](C)C4)n3n2)no1. The van der Waals surface area contributed by atoms with Gasteiger partial charge in [-0.2, -0.15) is 9.61 Å². The molecule has 25 heavy (non-hydrogen) atoms. The third kappa shape index (κ3) is 2.78. The monoisotopic (exact) mass is 341 g/mol. The number of anilines is 1. The van der Waals surface area contributed by atoms with Gasteiger partial charge in [0.2, 0.25) is 0 Å². The summed E-state index contributed by atoms with van der Waals surface area (Å²) < 4.78 is 13.0. The van der Waals surface area contributed by atoms with Gasteiger partial charge < -0.3 is 14.2 Å². The van der Waals surface area contributed by atoms with E-state index in [9.17, 15) is 0 Å². The highest BCUT2D eigenvalue weighted by atomic mass is 16.5. The Hall–Kier alpha value is -2.41. The highest BCUT2D eigenvalue weighted by Crippen LogP contribution is 2.28. The van der Waals surface area contributed by atoms with Crippen molar-refractivity contribution in [3.63, 3.8) is 0 Å². The lowest BCUT2D eigenvalue weighted by Crippen LogP contribution is -2.46. The smallest absolute Gasteiger partial charge is 0.158 e. The molecule has 1 fully saturated rings. The maximum Gasteiger partial charge on any atom is 0.158 e. The second-order valence-corrected chi connectivity index (χ2v) is 6.93. The van der Waals surface area contributed by atoms with Crippen LogP contribution in [0.15, 0.2) is 16.7 Å². The summed E-state index contributed by atoms with van der Waals surface area (Å²) >= 11 is 0. The van der Waals surface area contributed by atoms with Crippen LogP contribution in [0.5, 0.6) is 0 Å². The van der Waals surface area contributed by atoms with E-state index in [0.29, 0.717) is 0 Å². The van der Waals surface area contributed by atoms with Crippen LogP contribution in [0.1, 0.15) is 30.9 Å². The Labute approximate surface area is 146 Å². The number of ether oxygens (including phenoxy) is 1. The van der Waals surface area contributed by atoms with E-state index in [1.165, 1.54) is 0 Å². The molecule has 3 aromatic heterocycles. The third-order valence-corrected chi connectivity index (χ3v) is 4.66. The van der Waals surface area contributed by atoms with Gasteiger partial charge in [0, 0.05) is 36.5 Å². The van der Waals surface area contributed by atoms with E-state index in [0.717, 1.165) is 53.0 Å². The molecule has 4 heterocycles. The maximum atomic E-state index is 5.89. The highest BCUT2D eigenvalue weighted by Gasteiger charge is 2.27. The van der Waals surface area contributed by atoms with Crippen molar-refractivity contribution in [1.82, 2.24) is 19.8 Å². The van der Waals surface area contributed by atoms with Crippen LogP contribution in [0.2, 0.25) is 0 Å². The van der Waals surface area contributed by atoms with Crippen molar-refractivity contribution >= 4 is 11.5 Å². The van der Waals surface area contributed by atoms with Gasteiger partial charge in [0.1, 0.15) is 23.0 Å². The number of fused-ring (bicyclic) bond motifs is 1. The number of aromatic nitrogens is 4. The molecule has 0 spiro atoms. The third-order valence-electron chi connectivity index (χ3n) is 4.66. The molecule has 4 rings (SSSR count). The summed E-state index contributed by atoms with van der Waals surface area (Å²) in [4.78, 5) is 7.05. The number of aryl methyl sites for hydroxylation is 2. The molecule has 7 nitrogen and oxygen atoms in total. The number of hydrogen-bond acceptors (Lipinski definition) is 6. The normalized spacial score (nSPS) is 21.2. The van der Waals surface area contributed by atoms with E-state index >= 15 is 0 Å². The maximum absolute atomic E-state index is 5.89. The summed E-state index contributed by atoms with van der Waals surface area (Å²) in [5, 5.41) is 8.85. The minimum atomic E-state index is 0.180. The highest BCUT2D eigenvalue weighted by molar-refractivity contribution is 5.65. The fourth-order valence-electron chi connectivity index (χ4n) is 3.52. The van der Waals surface area contributed by atoms with Crippen LogP contribution < -0.4 is 4.90 Å². The molecule has 0 N–H and O–H groups in total. The van der Waals surface area contributed by atoms with E-state index in [1.807, 2.05) is 30.5 Å². The van der Waals surface area contributed by atoms with Crippen molar-refractivity contribution in [2.75, 3.05) is 18.0 Å². The molecule has 3 aromatic rings. The van der Waals surface area contributed by atoms with Gasteiger partial charge in [-0.3, -0.25) is 0 Å². The van der Waals surface area contributed by atoms with E-state index in [-0.39, 0.29) is 12.2 Å². The predicted molar refractivity (Wildman–Crippen MR) is 94.9 cm³/mol. The average molecular weight is 341 g/mol. The molecule has 1 aliphatic rings. The molecule has 0 saturated carbocycles. The lowest BCUT2D eigenvalue weighted by Gasteiger charge is -2.37. The first-order valence-electron chi connectivity index (χ1n) is 8.63. The van der Waals surface area contributed by atoms with Crippen LogP contribution in [0.3, 0.4) is 0 Å². The second-order valence-electron chi connectivity index (χ2n) is 6.93. The van der Waals surface area contributed by atoms with Crippen molar-refractivity contribution in [2.45, 2.75) is 46.8 Å². The van der Waals surface area contributed by atoms with Gasteiger partial charge in [0.15, 0.2) is 5.65 Å². The summed E-state index contributed by atoms with van der Waals surface area (Å²) in [5.41, 5.74) is 4.47. The Morgan fingerprint density at radius 3 is 2.40 bits per heavy atom. The quantitative estimate of drug-likeness (QED) is 0.714. The van der Waals surface area contributed by atoms with Gasteiger partial charge >= 0.3 is 0 Å². The first-order chi connectivity index (χ1) is 11.9. The van der Waals surface area contributed by atoms with Crippen molar-refractivity contribution in [3.8, 4) is 11.4 Å². The molecule has 0 radical (unpaired) electrons. The van der Waals surface area contributed by atoms with Gasteiger partial charge in [0.25, 0.3) is 0 Å². The molecule has 0 amide bonds. The largest absolute Gasteiger partial charge is 0.372 e. The number of rotatable bonds is 2. The van der Waals surface area contributed by atoms with Crippen LogP contribution in [-0.4, -0.2) is 45.1 Å². The Bertz CT molecular complexity index is 919. The molecule has 132 valence electrons. The number of nitrogens with zero attached hydrogens (tertiary/aromatic N) is 5. The van der Waals surface area contributed by atoms with Gasteiger partial charge in [0.05, 0.1) is 12.2 Å². The summed E-state index contributed by atoms with van der Waals surface area (Å²) in [6, 6.07) is 3.85. The van der Waals surface area contributed by atoms with E-state index in [2.05, 4.69) is 30.8 Å². The fraction of sp³-hybridized carbons (Fsp3) is 0.500. The summed E-state index contributed by atoms with van der Waals surface area (Å²) in [5.74, 6) is 1.85. The van der Waals surface area contributed by atoms with Crippen LogP contribution in [0.25, 0.3) is 17.0 Å². The molecular formula is C18H23N5O2. The minimum Gasteiger partial charge on any atom is -0.372 e. The summed E-state index contributed by atoms with van der Waals surface area (Å²) in [7, 11) is 0. The van der Waals surface area contributed by atoms with Gasteiger partial charge in [-0.05, 0) is 34.6 Å². The predicted octanol–water partition coefficient (Wildman–Crippen LogP) is 2.92. The van der Waals surface area contributed by atoms with Crippen molar-refractivity contribution in [1.29, 1.82) is 0 Å². The minimum absolute atomic E-state index is 0.180. The zero-order valence-electron chi connectivity index (χ0n) is 15.3. The average Bonchev–Trinajstić information content (AvgIpc) is 3.13. The van der Waals surface area contributed by atoms with Crippen molar-refractivity contribution < 1.29 is 9.26 Å². The van der Waals surface area contributed by atoms with Crippen LogP contribution in [0, 0.1) is 20.8 Å². The van der Waals surface area contributed by atoms with Gasteiger partial charge in [-0.15, -0.1) is 0 Å². The first kappa shape index (κ1) is 16.1. The van der Waals surface area contributed by atoms with E-state index < -0.39 is 0 Å². The van der Waals surface area contributed by atoms with Crippen LogP contribution in [0.4, 0.5) is 5.82 Å². The van der Waals surface area contributed by atoms with Crippen LogP contribution >= 0.6 is 0 Å². The molecule has 7 heteroatoms. The molecule has 0 bridgehead atoms. The van der Waals surface area contributed by atoms with Crippen molar-refractivity contribution in [2.24, 2.45) is 0 Å². The molecule has 0 aliphatic carbocycles. The Kier molecular flexibility index (Phi) is 3.76. The first-order valence-corrected chi connectivity index (χ1v) is 8.63. The Morgan fingerprint density at radius 1 is 1.04 bits per heavy atom. The number of hydrogen-bond donors (Lipinski definition) is 0. The number of morpholine rings is 1. The van der Waals surface area contributed by atoms with Crippen LogP contribution in [-0.2, 0) is 4.74 Å². The molecule has 0 aromatic carbocycles. The van der Waals surface area contributed by atoms with E-state index in [4.69, 9.17) is 19.3 Å². The van der Waals surface area contributed by atoms with Gasteiger partial charge in [-0.25, -0.2) is 4.98 Å². The Morgan fingerprint density at radius 2 is 1.76 bits per heavy atom. The zero-order chi connectivity index (χ0) is 17.7. The second kappa shape index (κ2) is 5.84. The molecule has 0 unspecified atom stereocenters. The molecule has 1 saturated heterocycles. The Balaban J connectivity index is 1.87. The fourth-order valence-corrected chi connectivity index (χ4v) is 3.52. The lowest BCUT2D eigenvalue weighted by atomic mass is 10.2.